The van der Waals surface area contributed by atoms with Crippen LogP contribution in [0.2, 0.25) is 0 Å². The van der Waals surface area contributed by atoms with E-state index in [-0.39, 0.29) is 64.5 Å². The summed E-state index contributed by atoms with van der Waals surface area (Å²) < 4.78 is 4.47. The number of carbonyl (C=O) groups excluding carboxylic acids is 2. The molecule has 1 heterocycles. The minimum Gasteiger partial charge on any atom is -1.00 e. The van der Waals surface area contributed by atoms with E-state index in [9.17, 15) is 9.59 Å². The van der Waals surface area contributed by atoms with Crippen LogP contribution in [0.5, 0.6) is 0 Å². The van der Waals surface area contributed by atoms with Crippen molar-refractivity contribution in [2.75, 3.05) is 7.11 Å². The molecular formula is C12H14CaN2O3S. The molecule has 0 aliphatic rings. The van der Waals surface area contributed by atoms with E-state index in [0.717, 1.165) is 22.8 Å². The Bertz CT molecular complexity index is 562. The van der Waals surface area contributed by atoms with E-state index < -0.39 is 0 Å². The van der Waals surface area contributed by atoms with Gasteiger partial charge in [0, 0.05) is 6.42 Å². The summed E-state index contributed by atoms with van der Waals surface area (Å²) in [5.41, 5.74) is 1.71. The third-order valence-corrected chi connectivity index (χ3v) is 3.16. The summed E-state index contributed by atoms with van der Waals surface area (Å²) in [6.45, 7) is 0. The summed E-state index contributed by atoms with van der Waals surface area (Å²) in [5.74, 6) is -0.381. The fourth-order valence-corrected chi connectivity index (χ4v) is 2.17. The van der Waals surface area contributed by atoms with Crippen LogP contribution in [0, 0.1) is 0 Å². The van der Waals surface area contributed by atoms with Crippen LogP contribution in [0.15, 0.2) is 29.4 Å². The van der Waals surface area contributed by atoms with Gasteiger partial charge in [0.1, 0.15) is 0 Å². The smallest absolute Gasteiger partial charge is 1.00 e. The Hall–Kier alpha value is -0.560. The molecule has 0 radical (unpaired) electrons. The van der Waals surface area contributed by atoms with Gasteiger partial charge in [-0.05, 0) is 23.9 Å². The molecule has 98 valence electrons. The average Bonchev–Trinajstić information content (AvgIpc) is 2.77. The number of aromatic nitrogens is 2. The average molecular weight is 306 g/mol. The van der Waals surface area contributed by atoms with Gasteiger partial charge in [-0.3, -0.25) is 9.59 Å². The van der Waals surface area contributed by atoms with Crippen LogP contribution in [-0.4, -0.2) is 65.9 Å². The number of nitrogens with one attached hydrogen (secondary N) is 1. The van der Waals surface area contributed by atoms with Crippen molar-refractivity contribution < 1.29 is 17.2 Å². The molecule has 2 rings (SSSR count). The normalized spacial score (nSPS) is 9.95. The number of H-pyrrole nitrogens is 1. The van der Waals surface area contributed by atoms with Crippen molar-refractivity contribution in [2.24, 2.45) is 0 Å². The molecule has 0 aliphatic carbocycles. The zero-order valence-corrected chi connectivity index (χ0v) is 13.5. The Morgan fingerprint density at radius 1 is 1.37 bits per heavy atom. The van der Waals surface area contributed by atoms with Crippen LogP contribution in [0.3, 0.4) is 0 Å². The molecule has 0 atom stereocenters. The number of rotatable bonds is 4. The zero-order valence-electron chi connectivity index (χ0n) is 12.5. The van der Waals surface area contributed by atoms with Gasteiger partial charge in [-0.15, -0.1) is 0 Å². The molecule has 0 fully saturated rings. The van der Waals surface area contributed by atoms with Gasteiger partial charge in [0.05, 0.1) is 24.6 Å². The first-order valence-corrected chi connectivity index (χ1v) is 6.23. The molecule has 1 aromatic carbocycles. The summed E-state index contributed by atoms with van der Waals surface area (Å²) in [6, 6.07) is 7.55. The van der Waals surface area contributed by atoms with Crippen molar-refractivity contribution in [3.63, 3.8) is 0 Å². The van der Waals surface area contributed by atoms with Gasteiger partial charge in [0.15, 0.2) is 10.3 Å². The van der Waals surface area contributed by atoms with E-state index >= 15 is 0 Å². The van der Waals surface area contributed by atoms with E-state index in [1.54, 1.807) is 0 Å². The van der Waals surface area contributed by atoms with Crippen LogP contribution in [0.4, 0.5) is 0 Å². The Morgan fingerprint density at radius 2 is 2.11 bits per heavy atom. The summed E-state index contributed by atoms with van der Waals surface area (Å²) in [7, 11) is 1.30. The Kier molecular flexibility index (Phi) is 6.85. The second kappa shape index (κ2) is 7.89. The SMILES string of the molecule is COC(=O)CCC(=O)Sc1nc2ccccc2[nH]1.[Ca+2].[H-].[H-]. The van der Waals surface area contributed by atoms with Gasteiger partial charge < -0.3 is 12.6 Å². The number of esters is 1. The van der Waals surface area contributed by atoms with Crippen molar-refractivity contribution in [3.8, 4) is 0 Å². The second-order valence-electron chi connectivity index (χ2n) is 3.61. The molecule has 0 amide bonds. The number of benzene rings is 1. The van der Waals surface area contributed by atoms with Gasteiger partial charge in [-0.25, -0.2) is 4.98 Å². The summed E-state index contributed by atoms with van der Waals surface area (Å²) in [5, 5.41) is 0.436. The van der Waals surface area contributed by atoms with Crippen molar-refractivity contribution >= 4 is 71.6 Å². The maximum atomic E-state index is 11.6. The standard InChI is InChI=1S/C12H12N2O3S.Ca.2H/c1-17-10(15)6-7-11(16)18-12-13-8-4-2-3-5-9(8)14-12;;;/h2-5H,6-7H2,1H3,(H,13,14);;;/q;+2;2*-1. The van der Waals surface area contributed by atoms with E-state index in [0.29, 0.717) is 5.16 Å². The predicted octanol–water partition coefficient (Wildman–Crippen LogP) is 1.98. The number of hydrogen-bond donors (Lipinski definition) is 1. The number of hydrogen-bond acceptors (Lipinski definition) is 5. The number of thioether (sulfide) groups is 1. The number of ether oxygens (including phenoxy) is 1. The second-order valence-corrected chi connectivity index (χ2v) is 4.66. The number of fused-ring (bicyclic) bond motifs is 1. The van der Waals surface area contributed by atoms with E-state index in [2.05, 4.69) is 14.7 Å². The minimum absolute atomic E-state index is 0. The quantitative estimate of drug-likeness (QED) is 0.531. The van der Waals surface area contributed by atoms with Gasteiger partial charge in [-0.2, -0.15) is 0 Å². The molecule has 2 aromatic rings. The number of imidazole rings is 1. The molecule has 0 unspecified atom stereocenters. The van der Waals surface area contributed by atoms with Crippen molar-refractivity contribution in [1.82, 2.24) is 9.97 Å². The number of carbonyl (C=O) groups is 2. The van der Waals surface area contributed by atoms with Gasteiger partial charge in [0.25, 0.3) is 0 Å². The third kappa shape index (κ3) is 4.80. The summed E-state index contributed by atoms with van der Waals surface area (Å²) in [6.07, 6.45) is 0.247. The first-order valence-electron chi connectivity index (χ1n) is 5.41. The van der Waals surface area contributed by atoms with E-state index in [4.69, 9.17) is 0 Å². The summed E-state index contributed by atoms with van der Waals surface area (Å²) in [4.78, 5) is 29.8. The van der Waals surface area contributed by atoms with Crippen LogP contribution in [0.25, 0.3) is 11.0 Å². The van der Waals surface area contributed by atoms with Crippen LogP contribution < -0.4 is 0 Å². The molecule has 0 aliphatic heterocycles. The van der Waals surface area contributed by atoms with Crippen LogP contribution in [-0.2, 0) is 14.3 Å². The molecule has 0 bridgehead atoms. The fourth-order valence-electron chi connectivity index (χ4n) is 1.44. The molecule has 0 saturated carbocycles. The Labute approximate surface area is 147 Å². The van der Waals surface area contributed by atoms with Crippen LogP contribution >= 0.6 is 11.8 Å². The van der Waals surface area contributed by atoms with Gasteiger partial charge in [-0.1, -0.05) is 12.1 Å². The molecule has 7 heteroatoms. The molecule has 19 heavy (non-hydrogen) atoms. The van der Waals surface area contributed by atoms with Crippen LogP contribution in [0.1, 0.15) is 15.7 Å². The maximum absolute atomic E-state index is 11.6. The predicted molar refractivity (Wildman–Crippen MR) is 76.2 cm³/mol. The fraction of sp³-hybridized carbons (Fsp3) is 0.250. The number of para-hydroxylation sites is 2. The van der Waals surface area contributed by atoms with Crippen molar-refractivity contribution in [2.45, 2.75) is 18.0 Å². The number of methoxy groups -OCH3 is 1. The third-order valence-electron chi connectivity index (χ3n) is 2.34. The Balaban J connectivity index is 0. The number of aromatic amines is 1. The zero-order chi connectivity index (χ0) is 13.0. The first-order chi connectivity index (χ1) is 8.69. The molecule has 0 spiro atoms. The largest absolute Gasteiger partial charge is 2.00 e. The Morgan fingerprint density at radius 3 is 2.79 bits per heavy atom. The van der Waals surface area contributed by atoms with Crippen molar-refractivity contribution in [1.29, 1.82) is 0 Å². The summed E-state index contributed by atoms with van der Waals surface area (Å²) >= 11 is 1.01. The topological polar surface area (TPSA) is 72.1 Å². The monoisotopic (exact) mass is 306 g/mol. The first kappa shape index (κ1) is 16.5. The minimum atomic E-state index is -0.381. The maximum Gasteiger partial charge on any atom is 2.00 e. The van der Waals surface area contributed by atoms with E-state index in [1.807, 2.05) is 24.3 Å². The molecule has 0 saturated heterocycles. The van der Waals surface area contributed by atoms with Gasteiger partial charge in [0.2, 0.25) is 0 Å². The molecular weight excluding hydrogens is 292 g/mol. The van der Waals surface area contributed by atoms with E-state index in [1.165, 1.54) is 7.11 Å². The van der Waals surface area contributed by atoms with Gasteiger partial charge >= 0.3 is 43.7 Å². The molecule has 5 nitrogen and oxygen atoms in total. The van der Waals surface area contributed by atoms with Crippen molar-refractivity contribution in [3.05, 3.63) is 24.3 Å². The number of nitrogens with zero attached hydrogens (tertiary/aromatic N) is 1. The molecule has 1 aromatic heterocycles. The molecule has 1 N–H and O–H groups in total.